The molecule has 0 unspecified atom stereocenters. The van der Waals surface area contributed by atoms with Crippen LogP contribution in [0.3, 0.4) is 0 Å². The lowest BCUT2D eigenvalue weighted by molar-refractivity contribution is -0.119. The molecule has 1 aromatic rings. The molecule has 6 nitrogen and oxygen atoms in total. The molecule has 8 heteroatoms. The minimum Gasteiger partial charge on any atom is -0.369 e. The summed E-state index contributed by atoms with van der Waals surface area (Å²) in [7, 11) is 1.75. The van der Waals surface area contributed by atoms with Crippen molar-refractivity contribution in [3.63, 3.8) is 0 Å². The van der Waals surface area contributed by atoms with Crippen molar-refractivity contribution in [3.05, 3.63) is 35.6 Å². The zero-order valence-electron chi connectivity index (χ0n) is 15.2. The summed E-state index contributed by atoms with van der Waals surface area (Å²) in [5.74, 6) is 0.320. The monoisotopic (exact) mass is 477 g/mol. The van der Waals surface area contributed by atoms with Gasteiger partial charge >= 0.3 is 0 Å². The smallest absolute Gasteiger partial charge is 0.231 e. The predicted octanol–water partition coefficient (Wildman–Crippen LogP) is 1.49. The molecule has 1 aliphatic heterocycles. The van der Waals surface area contributed by atoms with Crippen LogP contribution in [-0.4, -0.2) is 56.0 Å². The first kappa shape index (κ1) is 22.6. The number of nitrogens with two attached hydrogens (primary N) is 1. The van der Waals surface area contributed by atoms with E-state index in [4.69, 9.17) is 5.73 Å². The Hall–Kier alpha value is -1.42. The molecule has 0 atom stereocenters. The topological polar surface area (TPSA) is 82.8 Å². The Balaban J connectivity index is 0.00000338. The number of likely N-dealkylation sites (tertiary alicyclic amines) is 1. The summed E-state index contributed by atoms with van der Waals surface area (Å²) in [6.45, 7) is 2.82. The van der Waals surface area contributed by atoms with Gasteiger partial charge in [-0.2, -0.15) is 0 Å². The summed E-state index contributed by atoms with van der Waals surface area (Å²) in [5, 5.41) is 6.73. The number of aryl methyl sites for hydroxylation is 1. The zero-order chi connectivity index (χ0) is 18.1. The maximum absolute atomic E-state index is 13.1. The zero-order valence-corrected chi connectivity index (χ0v) is 17.5. The Morgan fingerprint density at radius 3 is 2.73 bits per heavy atom. The van der Waals surface area contributed by atoms with E-state index in [0.29, 0.717) is 12.6 Å². The second-order valence-corrected chi connectivity index (χ2v) is 6.39. The molecular formula is C18H29FIN5O. The molecule has 0 bridgehead atoms. The molecular weight excluding hydrogens is 448 g/mol. The number of carbonyl (C=O) groups is 1. The predicted molar refractivity (Wildman–Crippen MR) is 113 cm³/mol. The number of rotatable bonds is 7. The highest BCUT2D eigenvalue weighted by Crippen LogP contribution is 2.09. The number of nitrogens with zero attached hydrogens (tertiary/aromatic N) is 2. The molecule has 146 valence electrons. The Morgan fingerprint density at radius 2 is 2.12 bits per heavy atom. The number of hydrogen-bond donors (Lipinski definition) is 3. The molecule has 1 fully saturated rings. The van der Waals surface area contributed by atoms with Gasteiger partial charge in [0.1, 0.15) is 5.82 Å². The SMILES string of the molecule is CN=C(NCCCc1cccc(F)c1)NC1CCN(CC(N)=O)CC1.I. The van der Waals surface area contributed by atoms with Gasteiger partial charge in [-0.05, 0) is 43.4 Å². The maximum Gasteiger partial charge on any atom is 0.231 e. The molecule has 1 aromatic carbocycles. The van der Waals surface area contributed by atoms with Gasteiger partial charge in [0.15, 0.2) is 5.96 Å². The van der Waals surface area contributed by atoms with E-state index < -0.39 is 0 Å². The van der Waals surface area contributed by atoms with Crippen LogP contribution in [0.2, 0.25) is 0 Å². The van der Waals surface area contributed by atoms with E-state index in [1.807, 2.05) is 6.07 Å². The standard InChI is InChI=1S/C18H28FN5O.HI/c1-21-18(22-9-3-5-14-4-2-6-15(19)12-14)23-16-7-10-24(11-8-16)13-17(20)25;/h2,4,6,12,16H,3,5,7-11,13H2,1H3,(H2,20,25)(H2,21,22,23);1H. The van der Waals surface area contributed by atoms with Gasteiger partial charge in [0.25, 0.3) is 0 Å². The number of aliphatic imine (C=N–C) groups is 1. The highest BCUT2D eigenvalue weighted by Gasteiger charge is 2.20. The molecule has 0 aromatic heterocycles. The van der Waals surface area contributed by atoms with Crippen molar-refractivity contribution >= 4 is 35.8 Å². The first-order valence-electron chi connectivity index (χ1n) is 8.79. The van der Waals surface area contributed by atoms with Crippen LogP contribution in [0.1, 0.15) is 24.8 Å². The summed E-state index contributed by atoms with van der Waals surface area (Å²) in [4.78, 5) is 17.3. The minimum absolute atomic E-state index is 0. The second-order valence-electron chi connectivity index (χ2n) is 6.39. The summed E-state index contributed by atoms with van der Waals surface area (Å²) < 4.78 is 13.1. The number of amides is 1. The second kappa shape index (κ2) is 12.1. The van der Waals surface area contributed by atoms with Gasteiger partial charge in [-0.1, -0.05) is 12.1 Å². The van der Waals surface area contributed by atoms with Gasteiger partial charge in [0.2, 0.25) is 5.91 Å². The van der Waals surface area contributed by atoms with Crippen molar-refractivity contribution in [1.29, 1.82) is 0 Å². The average Bonchev–Trinajstić information content (AvgIpc) is 2.59. The number of halogens is 2. The van der Waals surface area contributed by atoms with E-state index in [1.165, 1.54) is 6.07 Å². The Bertz CT molecular complexity index is 591. The Labute approximate surface area is 171 Å². The summed E-state index contributed by atoms with van der Waals surface area (Å²) in [6.07, 6.45) is 3.64. The number of benzene rings is 1. The van der Waals surface area contributed by atoms with Crippen molar-refractivity contribution in [2.45, 2.75) is 31.7 Å². The van der Waals surface area contributed by atoms with Gasteiger partial charge in [-0.3, -0.25) is 14.7 Å². The van der Waals surface area contributed by atoms with Crippen LogP contribution in [-0.2, 0) is 11.2 Å². The summed E-state index contributed by atoms with van der Waals surface area (Å²) >= 11 is 0. The molecule has 0 spiro atoms. The van der Waals surface area contributed by atoms with Crippen LogP contribution in [0.4, 0.5) is 4.39 Å². The lowest BCUT2D eigenvalue weighted by Crippen LogP contribution is -2.49. The third-order valence-corrected chi connectivity index (χ3v) is 4.36. The first-order chi connectivity index (χ1) is 12.1. The van der Waals surface area contributed by atoms with Gasteiger partial charge in [0.05, 0.1) is 6.54 Å². The molecule has 0 saturated carbocycles. The fourth-order valence-electron chi connectivity index (χ4n) is 3.04. The number of nitrogens with one attached hydrogen (secondary N) is 2. The lowest BCUT2D eigenvalue weighted by atomic mass is 10.1. The van der Waals surface area contributed by atoms with E-state index in [9.17, 15) is 9.18 Å². The van der Waals surface area contributed by atoms with Crippen LogP contribution in [0.5, 0.6) is 0 Å². The molecule has 1 heterocycles. The number of hydrogen-bond acceptors (Lipinski definition) is 3. The number of piperidine rings is 1. The quantitative estimate of drug-likeness (QED) is 0.241. The Kier molecular flexibility index (Phi) is 10.5. The first-order valence-corrected chi connectivity index (χ1v) is 8.79. The van der Waals surface area contributed by atoms with Crippen molar-refractivity contribution in [3.8, 4) is 0 Å². The normalized spacial score (nSPS) is 16.0. The van der Waals surface area contributed by atoms with E-state index in [-0.39, 0.29) is 35.7 Å². The van der Waals surface area contributed by atoms with E-state index >= 15 is 0 Å². The van der Waals surface area contributed by atoms with Crippen LogP contribution in [0.25, 0.3) is 0 Å². The molecule has 1 saturated heterocycles. The van der Waals surface area contributed by atoms with Gasteiger partial charge in [0, 0.05) is 32.7 Å². The molecule has 1 aliphatic rings. The summed E-state index contributed by atoms with van der Waals surface area (Å²) in [6, 6.07) is 7.06. The third kappa shape index (κ3) is 8.31. The van der Waals surface area contributed by atoms with Crippen LogP contribution >= 0.6 is 24.0 Å². The van der Waals surface area contributed by atoms with Crippen LogP contribution in [0.15, 0.2) is 29.3 Å². The van der Waals surface area contributed by atoms with E-state index in [1.54, 1.807) is 19.2 Å². The van der Waals surface area contributed by atoms with E-state index in [0.717, 1.165) is 56.8 Å². The molecule has 2 rings (SSSR count). The fourth-order valence-corrected chi connectivity index (χ4v) is 3.04. The highest BCUT2D eigenvalue weighted by molar-refractivity contribution is 14.0. The largest absolute Gasteiger partial charge is 0.369 e. The highest BCUT2D eigenvalue weighted by atomic mass is 127. The number of carbonyl (C=O) groups excluding carboxylic acids is 1. The van der Waals surface area contributed by atoms with Crippen LogP contribution in [0, 0.1) is 5.82 Å². The van der Waals surface area contributed by atoms with Gasteiger partial charge in [-0.25, -0.2) is 4.39 Å². The van der Waals surface area contributed by atoms with E-state index in [2.05, 4.69) is 20.5 Å². The number of guanidine groups is 1. The van der Waals surface area contributed by atoms with Crippen molar-refractivity contribution < 1.29 is 9.18 Å². The third-order valence-electron chi connectivity index (χ3n) is 4.36. The fraction of sp³-hybridized carbons (Fsp3) is 0.556. The van der Waals surface area contributed by atoms with Crippen LogP contribution < -0.4 is 16.4 Å². The molecule has 4 N–H and O–H groups in total. The minimum atomic E-state index is -0.276. The average molecular weight is 477 g/mol. The Morgan fingerprint density at radius 1 is 1.38 bits per heavy atom. The van der Waals surface area contributed by atoms with Crippen molar-refractivity contribution in [1.82, 2.24) is 15.5 Å². The maximum atomic E-state index is 13.1. The summed E-state index contributed by atoms with van der Waals surface area (Å²) in [5.41, 5.74) is 6.24. The molecule has 0 radical (unpaired) electrons. The molecule has 26 heavy (non-hydrogen) atoms. The molecule has 0 aliphatic carbocycles. The van der Waals surface area contributed by atoms with Crippen molar-refractivity contribution in [2.24, 2.45) is 10.7 Å². The lowest BCUT2D eigenvalue weighted by Gasteiger charge is -2.32. The molecule has 1 amide bonds. The van der Waals surface area contributed by atoms with Crippen molar-refractivity contribution in [2.75, 3.05) is 33.2 Å². The van der Waals surface area contributed by atoms with Gasteiger partial charge in [-0.15, -0.1) is 24.0 Å². The van der Waals surface area contributed by atoms with Gasteiger partial charge < -0.3 is 16.4 Å². The number of primary amides is 1.